The second kappa shape index (κ2) is 7.94. The molecule has 3 aromatic rings. The van der Waals surface area contributed by atoms with Crippen molar-refractivity contribution in [3.8, 4) is 11.5 Å². The molecule has 0 radical (unpaired) electrons. The second-order valence-corrected chi connectivity index (χ2v) is 8.76. The number of ether oxygens (including phenoxy) is 2. The van der Waals surface area contributed by atoms with Gasteiger partial charge in [-0.05, 0) is 35.9 Å². The molecule has 0 saturated carbocycles. The SMILES string of the molecule is CN1C(=O)C2(C(=C(O)c3ccc4c(c3)OCCO4)C(=O)C(=O)N2Cc2cccnc2)c2ccccc21. The van der Waals surface area contributed by atoms with E-state index in [9.17, 15) is 19.5 Å². The molecular formula is C27H21N3O6. The van der Waals surface area contributed by atoms with Gasteiger partial charge in [-0.2, -0.15) is 0 Å². The fourth-order valence-corrected chi connectivity index (χ4v) is 5.20. The largest absolute Gasteiger partial charge is 0.507 e. The highest BCUT2D eigenvalue weighted by molar-refractivity contribution is 6.50. The molecule has 1 N–H and O–H groups in total. The first kappa shape index (κ1) is 21.8. The fraction of sp³-hybridized carbons (Fsp3) is 0.185. The fourth-order valence-electron chi connectivity index (χ4n) is 5.20. The zero-order valence-electron chi connectivity index (χ0n) is 19.3. The van der Waals surface area contributed by atoms with Gasteiger partial charge in [0, 0.05) is 42.8 Å². The Labute approximate surface area is 206 Å². The Morgan fingerprint density at radius 3 is 2.58 bits per heavy atom. The number of likely N-dealkylation sites (N-methyl/N-ethyl adjacent to an activating group) is 1. The third-order valence-corrected chi connectivity index (χ3v) is 6.82. The monoisotopic (exact) mass is 483 g/mol. The number of anilines is 1. The number of amides is 2. The lowest BCUT2D eigenvalue weighted by atomic mass is 9.81. The van der Waals surface area contributed by atoms with Crippen molar-refractivity contribution < 1.29 is 29.0 Å². The minimum atomic E-state index is -1.84. The molecule has 3 aliphatic heterocycles. The highest BCUT2D eigenvalue weighted by atomic mass is 16.6. The molecule has 1 atom stereocenters. The molecule has 1 saturated heterocycles. The molecule has 36 heavy (non-hydrogen) atoms. The van der Waals surface area contributed by atoms with Gasteiger partial charge in [0.2, 0.25) is 0 Å². The summed E-state index contributed by atoms with van der Waals surface area (Å²) >= 11 is 0. The average Bonchev–Trinajstić information content (AvgIpc) is 3.27. The van der Waals surface area contributed by atoms with Crippen molar-refractivity contribution in [1.82, 2.24) is 9.88 Å². The summed E-state index contributed by atoms with van der Waals surface area (Å²) in [5, 5.41) is 11.5. The van der Waals surface area contributed by atoms with Crippen LogP contribution in [-0.4, -0.2) is 52.8 Å². The first-order valence-corrected chi connectivity index (χ1v) is 11.4. The number of rotatable bonds is 3. The Morgan fingerprint density at radius 1 is 1.03 bits per heavy atom. The quantitative estimate of drug-likeness (QED) is 0.347. The number of ketones is 1. The Kier molecular flexibility index (Phi) is 4.82. The highest BCUT2D eigenvalue weighted by Gasteiger charge is 2.66. The first-order valence-electron chi connectivity index (χ1n) is 11.4. The summed E-state index contributed by atoms with van der Waals surface area (Å²) in [6.45, 7) is 0.686. The number of hydrogen-bond donors (Lipinski definition) is 1. The van der Waals surface area contributed by atoms with E-state index in [2.05, 4.69) is 4.98 Å². The number of likely N-dealkylation sites (tertiary alicyclic amines) is 1. The van der Waals surface area contributed by atoms with Crippen LogP contribution in [0, 0.1) is 0 Å². The molecule has 1 unspecified atom stereocenters. The summed E-state index contributed by atoms with van der Waals surface area (Å²) in [7, 11) is 1.59. The molecular weight excluding hydrogens is 462 g/mol. The summed E-state index contributed by atoms with van der Waals surface area (Å²) in [4.78, 5) is 47.9. The van der Waals surface area contributed by atoms with E-state index in [0.29, 0.717) is 41.5 Å². The maximum absolute atomic E-state index is 14.0. The minimum absolute atomic E-state index is 0.0513. The minimum Gasteiger partial charge on any atom is -0.507 e. The Balaban J connectivity index is 1.61. The number of nitrogens with zero attached hydrogens (tertiary/aromatic N) is 3. The van der Waals surface area contributed by atoms with Crippen LogP contribution in [0.3, 0.4) is 0 Å². The predicted octanol–water partition coefficient (Wildman–Crippen LogP) is 2.61. The normalized spacial score (nSPS) is 21.9. The first-order chi connectivity index (χ1) is 17.4. The van der Waals surface area contributed by atoms with Crippen molar-refractivity contribution >= 4 is 29.0 Å². The van der Waals surface area contributed by atoms with E-state index in [0.717, 1.165) is 0 Å². The number of fused-ring (bicyclic) bond motifs is 3. The van der Waals surface area contributed by atoms with Gasteiger partial charge in [0.15, 0.2) is 17.0 Å². The molecule has 1 aromatic heterocycles. The predicted molar refractivity (Wildman–Crippen MR) is 128 cm³/mol. The number of Topliss-reactive ketones (excluding diaryl/α,β-unsaturated/α-hetero) is 1. The van der Waals surface area contributed by atoms with Crippen molar-refractivity contribution in [2.24, 2.45) is 0 Å². The molecule has 2 aromatic carbocycles. The van der Waals surface area contributed by atoms with Gasteiger partial charge in [-0.3, -0.25) is 19.4 Å². The van der Waals surface area contributed by atoms with Crippen molar-refractivity contribution in [1.29, 1.82) is 0 Å². The van der Waals surface area contributed by atoms with Crippen LogP contribution in [0.25, 0.3) is 5.76 Å². The zero-order chi connectivity index (χ0) is 25.0. The van der Waals surface area contributed by atoms with E-state index in [4.69, 9.17) is 9.47 Å². The third kappa shape index (κ3) is 2.89. The van der Waals surface area contributed by atoms with Crippen LogP contribution in [0.4, 0.5) is 5.69 Å². The number of aliphatic hydroxyl groups is 1. The van der Waals surface area contributed by atoms with Gasteiger partial charge >= 0.3 is 0 Å². The van der Waals surface area contributed by atoms with Crippen LogP contribution in [-0.2, 0) is 26.5 Å². The van der Waals surface area contributed by atoms with Gasteiger partial charge in [-0.15, -0.1) is 0 Å². The van der Waals surface area contributed by atoms with Crippen molar-refractivity contribution in [3.63, 3.8) is 0 Å². The van der Waals surface area contributed by atoms with Gasteiger partial charge in [0.05, 0.1) is 5.57 Å². The maximum Gasteiger partial charge on any atom is 0.296 e. The molecule has 0 bridgehead atoms. The van der Waals surface area contributed by atoms with E-state index < -0.39 is 28.9 Å². The number of aromatic nitrogens is 1. The van der Waals surface area contributed by atoms with Gasteiger partial charge in [0.25, 0.3) is 17.6 Å². The number of carbonyl (C=O) groups excluding carboxylic acids is 3. The molecule has 0 aliphatic carbocycles. The summed E-state index contributed by atoms with van der Waals surface area (Å²) in [6, 6.07) is 15.2. The molecule has 9 heteroatoms. The lowest BCUT2D eigenvalue weighted by Gasteiger charge is -2.34. The van der Waals surface area contributed by atoms with E-state index >= 15 is 0 Å². The summed E-state index contributed by atoms with van der Waals surface area (Å²) < 4.78 is 11.2. The molecule has 180 valence electrons. The van der Waals surface area contributed by atoms with Crippen LogP contribution < -0.4 is 14.4 Å². The van der Waals surface area contributed by atoms with Gasteiger partial charge < -0.3 is 24.4 Å². The topological polar surface area (TPSA) is 109 Å². The molecule has 1 fully saturated rings. The van der Waals surface area contributed by atoms with Crippen molar-refractivity contribution in [2.45, 2.75) is 12.1 Å². The van der Waals surface area contributed by atoms with Crippen molar-refractivity contribution in [2.75, 3.05) is 25.2 Å². The maximum atomic E-state index is 14.0. The molecule has 9 nitrogen and oxygen atoms in total. The van der Waals surface area contributed by atoms with E-state index in [1.165, 1.54) is 9.80 Å². The Morgan fingerprint density at radius 2 is 1.81 bits per heavy atom. The lowest BCUT2D eigenvalue weighted by molar-refractivity contribution is -0.144. The molecule has 4 heterocycles. The Bertz CT molecular complexity index is 1470. The molecule has 2 amide bonds. The van der Waals surface area contributed by atoms with Crippen LogP contribution in [0.1, 0.15) is 16.7 Å². The van der Waals surface area contributed by atoms with Gasteiger partial charge in [-0.1, -0.05) is 24.3 Å². The second-order valence-electron chi connectivity index (χ2n) is 8.76. The summed E-state index contributed by atoms with van der Waals surface area (Å²) in [5.74, 6) is -1.88. The standard InChI is InChI=1S/C27H21N3O6/c1-29-19-7-3-2-6-18(19)27(26(29)34)22(23(31)17-8-9-20-21(13-17)36-12-11-35-20)24(32)25(33)30(27)15-16-5-4-10-28-14-16/h2-10,13-14,31H,11-12,15H2,1H3. The number of carbonyl (C=O) groups is 3. The van der Waals surface area contributed by atoms with E-state index in [1.54, 1.807) is 74.0 Å². The number of hydrogen-bond acceptors (Lipinski definition) is 7. The Hall–Kier alpha value is -4.66. The lowest BCUT2D eigenvalue weighted by Crippen LogP contribution is -2.50. The van der Waals surface area contributed by atoms with Crippen LogP contribution in [0.5, 0.6) is 11.5 Å². The van der Waals surface area contributed by atoms with Crippen LogP contribution >= 0.6 is 0 Å². The van der Waals surface area contributed by atoms with E-state index in [-0.39, 0.29) is 17.7 Å². The number of pyridine rings is 1. The van der Waals surface area contributed by atoms with Crippen LogP contribution in [0.2, 0.25) is 0 Å². The number of benzene rings is 2. The summed E-state index contributed by atoms with van der Waals surface area (Å²) in [6.07, 6.45) is 3.17. The highest BCUT2D eigenvalue weighted by Crippen LogP contribution is 2.53. The average molecular weight is 483 g/mol. The van der Waals surface area contributed by atoms with Gasteiger partial charge in [-0.25, -0.2) is 0 Å². The molecule has 6 rings (SSSR count). The smallest absolute Gasteiger partial charge is 0.296 e. The summed E-state index contributed by atoms with van der Waals surface area (Å²) in [5.41, 5.74) is -0.258. The van der Waals surface area contributed by atoms with Crippen molar-refractivity contribution in [3.05, 3.63) is 89.3 Å². The zero-order valence-corrected chi connectivity index (χ0v) is 19.3. The van der Waals surface area contributed by atoms with Gasteiger partial charge in [0.1, 0.15) is 19.0 Å². The van der Waals surface area contributed by atoms with E-state index in [1.807, 2.05) is 0 Å². The molecule has 3 aliphatic rings. The third-order valence-electron chi connectivity index (χ3n) is 6.82. The molecule has 1 spiro atoms. The van der Waals surface area contributed by atoms with Crippen LogP contribution in [0.15, 0.2) is 72.6 Å². The number of para-hydroxylation sites is 1. The number of aliphatic hydroxyl groups excluding tert-OH is 1.